The predicted molar refractivity (Wildman–Crippen MR) is 46.6 cm³/mol. The summed E-state index contributed by atoms with van der Waals surface area (Å²) in [6.07, 6.45) is 3.90. The van der Waals surface area contributed by atoms with Gasteiger partial charge in [-0.2, -0.15) is 0 Å². The van der Waals surface area contributed by atoms with Gasteiger partial charge in [-0.25, -0.2) is 0 Å². The number of fused-ring (bicyclic) bond motifs is 2. The summed E-state index contributed by atoms with van der Waals surface area (Å²) >= 11 is 0. The summed E-state index contributed by atoms with van der Waals surface area (Å²) in [6, 6.07) is 0.309. The van der Waals surface area contributed by atoms with Crippen molar-refractivity contribution in [3.05, 3.63) is 0 Å². The van der Waals surface area contributed by atoms with Gasteiger partial charge in [0, 0.05) is 18.6 Å². The Balaban J connectivity index is 0.000000605. The normalized spacial score (nSPS) is 47.5. The van der Waals surface area contributed by atoms with Gasteiger partial charge in [-0.05, 0) is 31.1 Å². The molecule has 0 heterocycles. The van der Waals surface area contributed by atoms with Gasteiger partial charge >= 0.3 is 0 Å². The lowest BCUT2D eigenvalue weighted by molar-refractivity contribution is 0.159. The zero-order valence-electron chi connectivity index (χ0n) is 6.57. The Hall–Kier alpha value is 0.210. The molecule has 2 nitrogen and oxygen atoms in total. The van der Waals surface area contributed by atoms with Crippen LogP contribution in [0, 0.1) is 17.8 Å². The first-order chi connectivity index (χ1) is 4.83. The zero-order valence-corrected chi connectivity index (χ0v) is 7.39. The van der Waals surface area contributed by atoms with Gasteiger partial charge in [0.25, 0.3) is 0 Å². The third-order valence-corrected chi connectivity index (χ3v) is 3.37. The molecule has 0 aromatic heterocycles. The summed E-state index contributed by atoms with van der Waals surface area (Å²) in [7, 11) is 0. The van der Waals surface area contributed by atoms with E-state index in [4.69, 9.17) is 10.8 Å². The number of aliphatic hydroxyl groups excluding tert-OH is 1. The maximum Gasteiger partial charge on any atom is 0.0476 e. The zero-order chi connectivity index (χ0) is 7.14. The number of halogens is 1. The molecule has 2 saturated carbocycles. The summed E-state index contributed by atoms with van der Waals surface area (Å²) < 4.78 is 0. The molecule has 0 aromatic rings. The lowest BCUT2D eigenvalue weighted by Gasteiger charge is -2.25. The molecule has 3 N–H and O–H groups in total. The summed E-state index contributed by atoms with van der Waals surface area (Å²) in [5.74, 6) is 1.92. The summed E-state index contributed by atoms with van der Waals surface area (Å²) in [5.41, 5.74) is 5.91. The van der Waals surface area contributed by atoms with Crippen molar-refractivity contribution in [1.29, 1.82) is 0 Å². The Bertz CT molecular complexity index is 140. The van der Waals surface area contributed by atoms with Crippen LogP contribution in [0.1, 0.15) is 19.3 Å². The van der Waals surface area contributed by atoms with Crippen LogP contribution in [-0.2, 0) is 0 Å². The van der Waals surface area contributed by atoms with Crippen LogP contribution in [-0.4, -0.2) is 17.8 Å². The molecule has 4 atom stereocenters. The largest absolute Gasteiger partial charge is 0.396 e. The molecule has 2 rings (SSSR count). The number of hydrogen-bond donors (Lipinski definition) is 2. The van der Waals surface area contributed by atoms with Crippen LogP contribution in [0.4, 0.5) is 0 Å². The maximum atomic E-state index is 8.98. The lowest BCUT2D eigenvalue weighted by Crippen LogP contribution is -2.37. The van der Waals surface area contributed by atoms with Crippen LogP contribution < -0.4 is 5.73 Å². The minimum atomic E-state index is 0. The molecule has 2 aliphatic rings. The van der Waals surface area contributed by atoms with Crippen LogP contribution in [0.25, 0.3) is 0 Å². The van der Waals surface area contributed by atoms with Crippen LogP contribution in [0.2, 0.25) is 0 Å². The fourth-order valence-electron chi connectivity index (χ4n) is 2.73. The van der Waals surface area contributed by atoms with Gasteiger partial charge in [0.1, 0.15) is 0 Å². The Morgan fingerprint density at radius 1 is 1.27 bits per heavy atom. The average molecular weight is 178 g/mol. The second kappa shape index (κ2) is 3.30. The minimum absolute atomic E-state index is 0. The highest BCUT2D eigenvalue weighted by Crippen LogP contribution is 2.47. The van der Waals surface area contributed by atoms with Crippen molar-refractivity contribution in [1.82, 2.24) is 0 Å². The molecule has 0 aliphatic heterocycles. The molecule has 0 unspecified atom stereocenters. The third kappa shape index (κ3) is 1.28. The summed E-state index contributed by atoms with van der Waals surface area (Å²) in [6.45, 7) is 0.308. The van der Waals surface area contributed by atoms with Crippen LogP contribution in [0.5, 0.6) is 0 Å². The van der Waals surface area contributed by atoms with E-state index in [1.165, 1.54) is 19.3 Å². The standard InChI is InChI=1S/C8H15NO.ClH/c9-8-6-2-1-5(3-6)7(8)4-10;/h5-8,10H,1-4,9H2;1H/t5-,6+,7-,8+;/m1./s1. The van der Waals surface area contributed by atoms with Crippen LogP contribution in [0.3, 0.4) is 0 Å². The highest BCUT2D eigenvalue weighted by molar-refractivity contribution is 5.85. The van der Waals surface area contributed by atoms with Crippen molar-refractivity contribution in [2.24, 2.45) is 23.5 Å². The number of rotatable bonds is 1. The van der Waals surface area contributed by atoms with Crippen molar-refractivity contribution in [3.8, 4) is 0 Å². The van der Waals surface area contributed by atoms with Gasteiger partial charge < -0.3 is 10.8 Å². The molecule has 3 heteroatoms. The van der Waals surface area contributed by atoms with Crippen molar-refractivity contribution >= 4 is 12.4 Å². The Morgan fingerprint density at radius 2 is 1.91 bits per heavy atom. The van der Waals surface area contributed by atoms with Crippen LogP contribution >= 0.6 is 12.4 Å². The van der Waals surface area contributed by atoms with E-state index >= 15 is 0 Å². The van der Waals surface area contributed by atoms with Gasteiger partial charge in [-0.3, -0.25) is 0 Å². The molecule has 0 radical (unpaired) electrons. The SMILES string of the molecule is Cl.N[C@H]1[C@H]2CC[C@H](C2)[C@H]1CO. The molecule has 0 saturated heterocycles. The highest BCUT2D eigenvalue weighted by atomic mass is 35.5. The van der Waals surface area contributed by atoms with Crippen molar-refractivity contribution in [2.45, 2.75) is 25.3 Å². The minimum Gasteiger partial charge on any atom is -0.396 e. The summed E-state index contributed by atoms with van der Waals surface area (Å²) in [5, 5.41) is 8.98. The van der Waals surface area contributed by atoms with Crippen LogP contribution in [0.15, 0.2) is 0 Å². The van der Waals surface area contributed by atoms with Crippen molar-refractivity contribution in [3.63, 3.8) is 0 Å². The van der Waals surface area contributed by atoms with Gasteiger partial charge in [0.15, 0.2) is 0 Å². The fourth-order valence-corrected chi connectivity index (χ4v) is 2.73. The van der Waals surface area contributed by atoms with Gasteiger partial charge in [0.2, 0.25) is 0 Å². The van der Waals surface area contributed by atoms with E-state index in [1.807, 2.05) is 0 Å². The first kappa shape index (κ1) is 9.30. The number of nitrogens with two attached hydrogens (primary N) is 1. The second-order valence-electron chi connectivity index (χ2n) is 3.76. The molecule has 2 fully saturated rings. The van der Waals surface area contributed by atoms with E-state index in [9.17, 15) is 0 Å². The van der Waals surface area contributed by atoms with E-state index in [0.29, 0.717) is 18.6 Å². The van der Waals surface area contributed by atoms with E-state index in [1.54, 1.807) is 0 Å². The molecule has 0 amide bonds. The molecular weight excluding hydrogens is 162 g/mol. The van der Waals surface area contributed by atoms with E-state index in [-0.39, 0.29) is 12.4 Å². The second-order valence-corrected chi connectivity index (χ2v) is 3.76. The smallest absolute Gasteiger partial charge is 0.0476 e. The van der Waals surface area contributed by atoms with Crippen molar-refractivity contribution < 1.29 is 5.11 Å². The van der Waals surface area contributed by atoms with Gasteiger partial charge in [-0.15, -0.1) is 12.4 Å². The Kier molecular flexibility index (Phi) is 2.79. The monoisotopic (exact) mass is 177 g/mol. The first-order valence-corrected chi connectivity index (χ1v) is 4.19. The summed E-state index contributed by atoms with van der Waals surface area (Å²) in [4.78, 5) is 0. The fraction of sp³-hybridized carbons (Fsp3) is 1.00. The van der Waals surface area contributed by atoms with Gasteiger partial charge in [0.05, 0.1) is 0 Å². The van der Waals surface area contributed by atoms with Crippen molar-refractivity contribution in [2.75, 3.05) is 6.61 Å². The number of aliphatic hydroxyl groups is 1. The average Bonchev–Trinajstić information content (AvgIpc) is 2.46. The van der Waals surface area contributed by atoms with E-state index in [2.05, 4.69) is 0 Å². The molecule has 2 aliphatic carbocycles. The predicted octanol–water partition coefficient (Wildman–Crippen LogP) is 0.774. The molecule has 2 bridgehead atoms. The van der Waals surface area contributed by atoms with E-state index < -0.39 is 0 Å². The first-order valence-electron chi connectivity index (χ1n) is 4.19. The number of hydrogen-bond acceptors (Lipinski definition) is 2. The molecular formula is C8H16ClNO. The Labute approximate surface area is 73.6 Å². The molecule has 0 aromatic carbocycles. The lowest BCUT2D eigenvalue weighted by atomic mass is 9.86. The molecule has 66 valence electrons. The maximum absolute atomic E-state index is 8.98. The molecule has 0 spiro atoms. The highest BCUT2D eigenvalue weighted by Gasteiger charge is 2.44. The third-order valence-electron chi connectivity index (χ3n) is 3.37. The van der Waals surface area contributed by atoms with E-state index in [0.717, 1.165) is 11.8 Å². The molecule has 11 heavy (non-hydrogen) atoms. The quantitative estimate of drug-likeness (QED) is 0.622. The Morgan fingerprint density at radius 3 is 2.27 bits per heavy atom. The topological polar surface area (TPSA) is 46.2 Å². The van der Waals surface area contributed by atoms with Gasteiger partial charge in [-0.1, -0.05) is 0 Å².